The van der Waals surface area contributed by atoms with Crippen molar-refractivity contribution in [2.24, 2.45) is 0 Å². The van der Waals surface area contributed by atoms with E-state index in [4.69, 9.17) is 18.9 Å². The Labute approximate surface area is 568 Å². The first kappa shape index (κ1) is 86.8. The lowest BCUT2D eigenvalue weighted by Crippen LogP contribution is -2.65. The lowest BCUT2D eigenvalue weighted by atomic mass is 9.97. The van der Waals surface area contributed by atoms with Gasteiger partial charge in [0, 0.05) is 6.42 Å². The monoisotopic (exact) mass is 1320 g/mol. The highest BCUT2D eigenvalue weighted by Gasteiger charge is 2.51. The molecule has 0 aromatic carbocycles. The number of aliphatic hydroxyl groups is 8. The maximum Gasteiger partial charge on any atom is 0.220 e. The average Bonchev–Trinajstić information content (AvgIpc) is 0.852. The minimum atomic E-state index is -1.79. The largest absolute Gasteiger partial charge is 0.394 e. The molecule has 0 spiro atoms. The summed E-state index contributed by atoms with van der Waals surface area (Å²) in [6.45, 7) is 2.74. The van der Waals surface area contributed by atoms with Gasteiger partial charge in [0.25, 0.3) is 0 Å². The van der Waals surface area contributed by atoms with Gasteiger partial charge in [-0.1, -0.05) is 338 Å². The van der Waals surface area contributed by atoms with E-state index >= 15 is 0 Å². The normalized spacial score (nSPS) is 22.9. The van der Waals surface area contributed by atoms with E-state index in [9.17, 15) is 45.6 Å². The molecule has 0 radical (unpaired) electrons. The second-order valence-electron chi connectivity index (χ2n) is 27.5. The van der Waals surface area contributed by atoms with Crippen molar-refractivity contribution in [3.8, 4) is 0 Å². The van der Waals surface area contributed by atoms with Crippen LogP contribution in [-0.2, 0) is 23.7 Å². The van der Waals surface area contributed by atoms with Gasteiger partial charge >= 0.3 is 0 Å². The fourth-order valence-corrected chi connectivity index (χ4v) is 12.8. The third-order valence-corrected chi connectivity index (χ3v) is 19.0. The number of amides is 1. The minimum Gasteiger partial charge on any atom is -0.394 e. The summed E-state index contributed by atoms with van der Waals surface area (Å²) in [5.41, 5.74) is 0. The Bertz CT molecular complexity index is 1790. The zero-order chi connectivity index (χ0) is 67.3. The van der Waals surface area contributed by atoms with Crippen LogP contribution in [0.1, 0.15) is 341 Å². The molecule has 0 aromatic heterocycles. The molecule has 544 valence electrons. The van der Waals surface area contributed by atoms with Crippen molar-refractivity contribution < 1.29 is 64.6 Å². The lowest BCUT2D eigenvalue weighted by molar-refractivity contribution is -0.359. The van der Waals surface area contributed by atoms with Gasteiger partial charge in [-0.05, 0) is 57.8 Å². The van der Waals surface area contributed by atoms with Crippen molar-refractivity contribution in [1.29, 1.82) is 0 Å². The van der Waals surface area contributed by atoms with E-state index < -0.39 is 86.8 Å². The van der Waals surface area contributed by atoms with Crippen LogP contribution in [0.25, 0.3) is 0 Å². The number of nitrogens with one attached hydrogen (secondary N) is 1. The van der Waals surface area contributed by atoms with Crippen molar-refractivity contribution in [3.05, 3.63) is 60.8 Å². The van der Waals surface area contributed by atoms with Crippen LogP contribution in [0.15, 0.2) is 60.8 Å². The second kappa shape index (κ2) is 63.2. The van der Waals surface area contributed by atoms with Crippen LogP contribution < -0.4 is 5.32 Å². The molecule has 2 aliphatic heterocycles. The predicted octanol–water partition coefficient (Wildman–Crippen LogP) is 17.2. The molecule has 9 N–H and O–H groups in total. The Hall–Kier alpha value is -2.31. The number of rotatable bonds is 65. The molecule has 93 heavy (non-hydrogen) atoms. The van der Waals surface area contributed by atoms with Gasteiger partial charge in [-0.25, -0.2) is 0 Å². The molecule has 12 atom stereocenters. The predicted molar refractivity (Wildman–Crippen MR) is 383 cm³/mol. The first-order valence-corrected chi connectivity index (χ1v) is 39.0. The molecule has 12 unspecified atom stereocenters. The number of hydrogen-bond acceptors (Lipinski definition) is 13. The molecule has 1 amide bonds. The number of carbonyl (C=O) groups excluding carboxylic acids is 1. The lowest BCUT2D eigenvalue weighted by Gasteiger charge is -2.46. The highest BCUT2D eigenvalue weighted by atomic mass is 16.7. The number of unbranched alkanes of at least 4 members (excludes halogenated alkanes) is 44. The summed E-state index contributed by atoms with van der Waals surface area (Å²) in [6.07, 6.45) is 68.7. The van der Waals surface area contributed by atoms with E-state index in [0.29, 0.717) is 6.42 Å². The van der Waals surface area contributed by atoms with Crippen LogP contribution in [0.3, 0.4) is 0 Å². The Morgan fingerprint density at radius 2 is 0.742 bits per heavy atom. The maximum atomic E-state index is 13.4. The Morgan fingerprint density at radius 3 is 1.14 bits per heavy atom. The van der Waals surface area contributed by atoms with Crippen LogP contribution in [0.2, 0.25) is 0 Å². The summed E-state index contributed by atoms with van der Waals surface area (Å²) in [5, 5.41) is 87.6. The SMILES string of the molecule is CC/C=C\C/C=C\C/C=C\C/C=C\CCCCCCCCCCCCCCCCCCCCCCCCCCC(=O)NC(COC1OC(CO)C(OC2OC(CO)C(O)C(O)C2O)C(O)C1O)C(O)/C=C/CCCCCCCCCCCCCCCCCCCCCC. The van der Waals surface area contributed by atoms with Crippen molar-refractivity contribution >= 4 is 5.91 Å². The van der Waals surface area contributed by atoms with Crippen LogP contribution in [0, 0.1) is 0 Å². The van der Waals surface area contributed by atoms with Crippen LogP contribution in [0.4, 0.5) is 0 Å². The summed E-state index contributed by atoms with van der Waals surface area (Å²) < 4.78 is 22.9. The highest BCUT2D eigenvalue weighted by molar-refractivity contribution is 5.76. The summed E-state index contributed by atoms with van der Waals surface area (Å²) in [7, 11) is 0. The Kier molecular flexibility index (Phi) is 58.9. The van der Waals surface area contributed by atoms with E-state index in [1.165, 1.54) is 250 Å². The van der Waals surface area contributed by atoms with Gasteiger partial charge in [0.1, 0.15) is 48.8 Å². The van der Waals surface area contributed by atoms with Crippen LogP contribution in [0.5, 0.6) is 0 Å². The van der Waals surface area contributed by atoms with Crippen LogP contribution >= 0.6 is 0 Å². The number of hydrogen-bond donors (Lipinski definition) is 9. The average molecular weight is 1320 g/mol. The van der Waals surface area contributed by atoms with Gasteiger partial charge < -0.3 is 65.1 Å². The van der Waals surface area contributed by atoms with E-state index in [-0.39, 0.29) is 18.9 Å². The van der Waals surface area contributed by atoms with Crippen molar-refractivity contribution in [2.45, 2.75) is 415 Å². The fourth-order valence-electron chi connectivity index (χ4n) is 12.8. The Morgan fingerprint density at radius 1 is 0.398 bits per heavy atom. The molecule has 0 aromatic rings. The standard InChI is InChI=1S/C79H145NO13/c1-3-5-7-9-11-13-15-17-19-21-23-25-27-28-29-30-31-32-33-34-35-36-37-38-39-40-41-43-45-47-49-51-53-55-57-59-61-63-71(84)80-67(66-90-78-76(89)74(87)77(70(65-82)92-78)93-79-75(88)73(86)72(85)69(64-81)91-79)68(83)62-60-58-56-54-52-50-48-46-44-42-26-24-22-20-18-16-14-12-10-8-6-4-2/h5,7,11,13,17,19,23,25,60,62,67-70,72-79,81-83,85-89H,3-4,6,8-10,12,14-16,18,20-22,24,26-59,61,63-66H2,1-2H3,(H,80,84)/b7-5-,13-11-,19-17-,25-23-,62-60+. The third-order valence-electron chi connectivity index (χ3n) is 19.0. The molecule has 2 saturated heterocycles. The van der Waals surface area contributed by atoms with Crippen LogP contribution in [-0.4, -0.2) is 140 Å². The van der Waals surface area contributed by atoms with E-state index in [1.54, 1.807) is 6.08 Å². The third kappa shape index (κ3) is 46.6. The number of carbonyl (C=O) groups is 1. The topological polar surface area (TPSA) is 228 Å². The Balaban J connectivity index is 1.59. The molecule has 14 heteroatoms. The van der Waals surface area contributed by atoms with Crippen molar-refractivity contribution in [2.75, 3.05) is 19.8 Å². The number of ether oxygens (including phenoxy) is 4. The van der Waals surface area contributed by atoms with Gasteiger partial charge in [-0.3, -0.25) is 4.79 Å². The zero-order valence-electron chi connectivity index (χ0n) is 59.5. The first-order valence-electron chi connectivity index (χ1n) is 39.0. The molecule has 2 heterocycles. The minimum absolute atomic E-state index is 0.233. The molecule has 0 aliphatic carbocycles. The summed E-state index contributed by atoms with van der Waals surface area (Å²) in [5.74, 6) is -0.233. The zero-order valence-corrected chi connectivity index (χ0v) is 59.5. The smallest absolute Gasteiger partial charge is 0.220 e. The van der Waals surface area contributed by atoms with Gasteiger partial charge in [0.15, 0.2) is 12.6 Å². The molecular formula is C79H145NO13. The first-order chi connectivity index (χ1) is 45.6. The van der Waals surface area contributed by atoms with Gasteiger partial charge in [0.05, 0.1) is 32.0 Å². The van der Waals surface area contributed by atoms with E-state index in [0.717, 1.165) is 64.2 Å². The summed E-state index contributed by atoms with van der Waals surface area (Å²) in [4.78, 5) is 13.4. The molecule has 2 fully saturated rings. The molecule has 14 nitrogen and oxygen atoms in total. The van der Waals surface area contributed by atoms with Crippen molar-refractivity contribution in [3.63, 3.8) is 0 Å². The molecule has 2 rings (SSSR count). The van der Waals surface area contributed by atoms with E-state index in [1.807, 2.05) is 6.08 Å². The number of aliphatic hydroxyl groups excluding tert-OH is 8. The highest BCUT2D eigenvalue weighted by Crippen LogP contribution is 2.30. The number of allylic oxidation sites excluding steroid dienone is 9. The van der Waals surface area contributed by atoms with Crippen molar-refractivity contribution in [1.82, 2.24) is 5.32 Å². The van der Waals surface area contributed by atoms with E-state index in [2.05, 4.69) is 67.8 Å². The fraction of sp³-hybridized carbons (Fsp3) is 0.861. The molecular weight excluding hydrogens is 1170 g/mol. The van der Waals surface area contributed by atoms with Gasteiger partial charge in [0.2, 0.25) is 5.91 Å². The maximum absolute atomic E-state index is 13.4. The summed E-state index contributed by atoms with van der Waals surface area (Å²) >= 11 is 0. The van der Waals surface area contributed by atoms with Gasteiger partial charge in [-0.2, -0.15) is 0 Å². The molecule has 2 aliphatic rings. The quantitative estimate of drug-likeness (QED) is 0.0204. The molecule has 0 saturated carbocycles. The molecule has 0 bridgehead atoms. The second-order valence-corrected chi connectivity index (χ2v) is 27.5. The van der Waals surface area contributed by atoms with Gasteiger partial charge in [-0.15, -0.1) is 0 Å². The summed E-state index contributed by atoms with van der Waals surface area (Å²) in [6, 6.07) is -0.915.